The second kappa shape index (κ2) is 9.09. The van der Waals surface area contributed by atoms with E-state index in [4.69, 9.17) is 10.5 Å². The summed E-state index contributed by atoms with van der Waals surface area (Å²) in [5, 5.41) is 2.60. The van der Waals surface area contributed by atoms with Gasteiger partial charge in [0.1, 0.15) is 12.6 Å². The first kappa shape index (κ1) is 16.2. The molecule has 110 valence electrons. The average molecular weight is 278 g/mol. The lowest BCUT2D eigenvalue weighted by Gasteiger charge is -2.15. The molecule has 0 unspecified atom stereocenters. The van der Waals surface area contributed by atoms with Gasteiger partial charge in [0.05, 0.1) is 0 Å². The Kier molecular flexibility index (Phi) is 7.35. The van der Waals surface area contributed by atoms with E-state index in [2.05, 4.69) is 5.32 Å². The molecule has 0 fully saturated rings. The van der Waals surface area contributed by atoms with Crippen molar-refractivity contribution in [3.8, 4) is 0 Å². The van der Waals surface area contributed by atoms with E-state index < -0.39 is 11.9 Å². The maximum Gasteiger partial charge on any atom is 0.246 e. The monoisotopic (exact) mass is 278 g/mol. The van der Waals surface area contributed by atoms with Crippen LogP contribution in [0.2, 0.25) is 0 Å². The van der Waals surface area contributed by atoms with E-state index in [-0.39, 0.29) is 12.5 Å². The number of primary amides is 1. The molecule has 0 aromatic heterocycles. The largest absolute Gasteiger partial charge is 0.372 e. The summed E-state index contributed by atoms with van der Waals surface area (Å²) in [6, 6.07) is 9.35. The van der Waals surface area contributed by atoms with Crippen molar-refractivity contribution in [2.75, 3.05) is 13.2 Å². The number of hydrogen-bond acceptors (Lipinski definition) is 3. The van der Waals surface area contributed by atoms with Crippen LogP contribution >= 0.6 is 0 Å². The van der Waals surface area contributed by atoms with Gasteiger partial charge in [-0.05, 0) is 31.7 Å². The van der Waals surface area contributed by atoms with E-state index in [1.807, 2.05) is 30.3 Å². The topological polar surface area (TPSA) is 81.4 Å². The molecule has 5 nitrogen and oxygen atoms in total. The normalized spacial score (nSPS) is 11.8. The zero-order chi connectivity index (χ0) is 14.8. The SMILES string of the molecule is CCOCC(=O)N[C@H](CCCc1ccccc1)C(N)=O. The number of nitrogens with one attached hydrogen (secondary N) is 1. The van der Waals surface area contributed by atoms with Crippen LogP contribution in [0.3, 0.4) is 0 Å². The van der Waals surface area contributed by atoms with Crippen molar-refractivity contribution in [2.24, 2.45) is 5.73 Å². The zero-order valence-corrected chi connectivity index (χ0v) is 11.8. The molecule has 0 spiro atoms. The minimum absolute atomic E-state index is 0.0427. The predicted molar refractivity (Wildman–Crippen MR) is 77.0 cm³/mol. The number of ether oxygens (including phenoxy) is 1. The fraction of sp³-hybridized carbons (Fsp3) is 0.467. The molecule has 0 aliphatic heterocycles. The van der Waals surface area contributed by atoms with Crippen LogP contribution in [0.4, 0.5) is 0 Å². The van der Waals surface area contributed by atoms with Crippen molar-refractivity contribution in [2.45, 2.75) is 32.2 Å². The highest BCUT2D eigenvalue weighted by atomic mass is 16.5. The summed E-state index contributed by atoms with van der Waals surface area (Å²) >= 11 is 0. The fourth-order valence-corrected chi connectivity index (χ4v) is 1.87. The van der Waals surface area contributed by atoms with Crippen LogP contribution in [0.15, 0.2) is 30.3 Å². The van der Waals surface area contributed by atoms with Gasteiger partial charge in [0.25, 0.3) is 0 Å². The molecule has 20 heavy (non-hydrogen) atoms. The molecule has 0 radical (unpaired) electrons. The van der Waals surface area contributed by atoms with Gasteiger partial charge in [-0.1, -0.05) is 30.3 Å². The minimum Gasteiger partial charge on any atom is -0.372 e. The standard InChI is InChI=1S/C15H22N2O3/c1-2-20-11-14(18)17-13(15(16)19)10-6-9-12-7-4-3-5-8-12/h3-5,7-8,13H,2,6,9-11H2,1H3,(H2,16,19)(H,17,18)/t13-/m1/s1. The first-order chi connectivity index (χ1) is 9.63. The molecule has 1 aromatic rings. The van der Waals surface area contributed by atoms with E-state index in [0.29, 0.717) is 13.0 Å². The maximum absolute atomic E-state index is 11.5. The smallest absolute Gasteiger partial charge is 0.246 e. The molecule has 5 heteroatoms. The Labute approximate surface area is 119 Å². The molecule has 0 heterocycles. The average Bonchev–Trinajstić information content (AvgIpc) is 2.45. The predicted octanol–water partition coefficient (Wildman–Crippen LogP) is 1.02. The highest BCUT2D eigenvalue weighted by molar-refractivity contribution is 5.86. The number of carbonyl (C=O) groups is 2. The molecule has 0 saturated heterocycles. The third-order valence-electron chi connectivity index (χ3n) is 2.92. The molecule has 0 saturated carbocycles. The van der Waals surface area contributed by atoms with Gasteiger partial charge in [0.2, 0.25) is 11.8 Å². The van der Waals surface area contributed by atoms with Crippen molar-refractivity contribution < 1.29 is 14.3 Å². The van der Waals surface area contributed by atoms with Crippen molar-refractivity contribution in [3.63, 3.8) is 0 Å². The number of rotatable bonds is 9. The third-order valence-corrected chi connectivity index (χ3v) is 2.92. The van der Waals surface area contributed by atoms with Crippen LogP contribution in [0.1, 0.15) is 25.3 Å². The number of benzene rings is 1. The molecule has 1 rings (SSSR count). The number of amides is 2. The van der Waals surface area contributed by atoms with Gasteiger partial charge in [-0.25, -0.2) is 0 Å². The van der Waals surface area contributed by atoms with Crippen molar-refractivity contribution in [3.05, 3.63) is 35.9 Å². The molecular weight excluding hydrogens is 256 g/mol. The number of aryl methyl sites for hydroxylation is 1. The summed E-state index contributed by atoms with van der Waals surface area (Å²) in [5.74, 6) is -0.821. The maximum atomic E-state index is 11.5. The van der Waals surface area contributed by atoms with Gasteiger partial charge in [0.15, 0.2) is 0 Å². The Morgan fingerprint density at radius 1 is 1.30 bits per heavy atom. The van der Waals surface area contributed by atoms with E-state index in [0.717, 1.165) is 12.8 Å². The van der Waals surface area contributed by atoms with Gasteiger partial charge in [-0.3, -0.25) is 9.59 Å². The van der Waals surface area contributed by atoms with Gasteiger partial charge < -0.3 is 15.8 Å². The second-order valence-corrected chi connectivity index (χ2v) is 4.54. The zero-order valence-electron chi connectivity index (χ0n) is 11.8. The molecule has 3 N–H and O–H groups in total. The molecule has 1 aromatic carbocycles. The third kappa shape index (κ3) is 6.33. The summed E-state index contributed by atoms with van der Waals surface area (Å²) in [4.78, 5) is 22.8. The van der Waals surface area contributed by atoms with Gasteiger partial charge in [0, 0.05) is 6.61 Å². The Hall–Kier alpha value is -1.88. The van der Waals surface area contributed by atoms with Crippen LogP contribution in [-0.4, -0.2) is 31.1 Å². The van der Waals surface area contributed by atoms with Crippen LogP contribution in [-0.2, 0) is 20.7 Å². The summed E-state index contributed by atoms with van der Waals surface area (Å²) < 4.78 is 4.99. The van der Waals surface area contributed by atoms with E-state index in [1.54, 1.807) is 6.92 Å². The lowest BCUT2D eigenvalue weighted by atomic mass is 10.0. The Morgan fingerprint density at radius 3 is 2.60 bits per heavy atom. The van der Waals surface area contributed by atoms with E-state index in [9.17, 15) is 9.59 Å². The summed E-state index contributed by atoms with van der Waals surface area (Å²) in [6.45, 7) is 2.22. The highest BCUT2D eigenvalue weighted by Crippen LogP contribution is 2.06. The van der Waals surface area contributed by atoms with Crippen LogP contribution in [0, 0.1) is 0 Å². The highest BCUT2D eigenvalue weighted by Gasteiger charge is 2.17. The summed E-state index contributed by atoms with van der Waals surface area (Å²) in [5.41, 5.74) is 6.50. The fourth-order valence-electron chi connectivity index (χ4n) is 1.87. The first-order valence-electron chi connectivity index (χ1n) is 6.83. The van der Waals surface area contributed by atoms with Crippen molar-refractivity contribution in [1.82, 2.24) is 5.32 Å². The Balaban J connectivity index is 2.35. The number of nitrogens with two attached hydrogens (primary N) is 1. The number of carbonyl (C=O) groups excluding carboxylic acids is 2. The lowest BCUT2D eigenvalue weighted by Crippen LogP contribution is -2.45. The van der Waals surface area contributed by atoms with Gasteiger partial charge in [-0.2, -0.15) is 0 Å². The lowest BCUT2D eigenvalue weighted by molar-refractivity contribution is -0.130. The van der Waals surface area contributed by atoms with Gasteiger partial charge >= 0.3 is 0 Å². The molecule has 0 aliphatic carbocycles. The van der Waals surface area contributed by atoms with E-state index in [1.165, 1.54) is 5.56 Å². The van der Waals surface area contributed by atoms with E-state index >= 15 is 0 Å². The van der Waals surface area contributed by atoms with Gasteiger partial charge in [-0.15, -0.1) is 0 Å². The first-order valence-corrected chi connectivity index (χ1v) is 6.83. The minimum atomic E-state index is -0.633. The quantitative estimate of drug-likeness (QED) is 0.707. The van der Waals surface area contributed by atoms with Crippen molar-refractivity contribution in [1.29, 1.82) is 0 Å². The summed E-state index contributed by atoms with van der Waals surface area (Å²) in [6.07, 6.45) is 2.17. The molecule has 0 aliphatic rings. The molecular formula is C15H22N2O3. The Morgan fingerprint density at radius 2 is 2.00 bits per heavy atom. The number of hydrogen-bond donors (Lipinski definition) is 2. The van der Waals surface area contributed by atoms with Crippen LogP contribution in [0.25, 0.3) is 0 Å². The molecule has 0 bridgehead atoms. The molecule has 2 amide bonds. The van der Waals surface area contributed by atoms with Crippen LogP contribution < -0.4 is 11.1 Å². The summed E-state index contributed by atoms with van der Waals surface area (Å²) in [7, 11) is 0. The Bertz CT molecular complexity index is 420. The van der Waals surface area contributed by atoms with Crippen molar-refractivity contribution >= 4 is 11.8 Å². The van der Waals surface area contributed by atoms with Crippen LogP contribution in [0.5, 0.6) is 0 Å². The molecule has 1 atom stereocenters. The second-order valence-electron chi connectivity index (χ2n) is 4.54.